The lowest BCUT2D eigenvalue weighted by Crippen LogP contribution is -2.40. The molecule has 4 rings (SSSR count). The lowest BCUT2D eigenvalue weighted by molar-refractivity contribution is -0.120. The number of hydrogen-bond donors (Lipinski definition) is 1. The number of anilines is 1. The van der Waals surface area contributed by atoms with Gasteiger partial charge in [0, 0.05) is 25.8 Å². The molecule has 2 aliphatic rings. The molecule has 1 saturated heterocycles. The molecule has 0 spiro atoms. The minimum atomic E-state index is -0.386. The number of carbonyl (C=O) groups excluding carboxylic acids is 2. The number of benzene rings is 2. The summed E-state index contributed by atoms with van der Waals surface area (Å²) in [7, 11) is 3.04. The van der Waals surface area contributed by atoms with Crippen LogP contribution in [0.25, 0.3) is 5.57 Å². The first-order chi connectivity index (χ1) is 15.5. The van der Waals surface area contributed by atoms with Crippen LogP contribution in [0.1, 0.15) is 24.0 Å². The number of likely N-dealkylation sites (tertiary alicyclic amines) is 1. The third-order valence-corrected chi connectivity index (χ3v) is 6.12. The lowest BCUT2D eigenvalue weighted by Gasteiger charge is -2.34. The minimum absolute atomic E-state index is 0.0573. The van der Waals surface area contributed by atoms with Crippen molar-refractivity contribution in [1.29, 1.82) is 0 Å². The van der Waals surface area contributed by atoms with Gasteiger partial charge in [-0.3, -0.25) is 9.59 Å². The quantitative estimate of drug-likeness (QED) is 0.702. The molecule has 2 aliphatic heterocycles. The summed E-state index contributed by atoms with van der Waals surface area (Å²) < 4.78 is 10.7. The largest absolute Gasteiger partial charge is 0.497 e. The van der Waals surface area contributed by atoms with Crippen LogP contribution in [0.4, 0.5) is 5.69 Å². The van der Waals surface area contributed by atoms with E-state index in [1.54, 1.807) is 25.3 Å². The van der Waals surface area contributed by atoms with E-state index in [1.165, 1.54) is 12.0 Å². The highest BCUT2D eigenvalue weighted by Gasteiger charge is 2.44. The van der Waals surface area contributed by atoms with Gasteiger partial charge in [0.2, 0.25) is 0 Å². The summed E-state index contributed by atoms with van der Waals surface area (Å²) in [5.41, 5.74) is 2.91. The summed E-state index contributed by atoms with van der Waals surface area (Å²) in [5, 5.41) is 9.70. The monoisotopic (exact) mass is 436 g/mol. The van der Waals surface area contributed by atoms with Crippen molar-refractivity contribution in [3.05, 3.63) is 59.3 Å². The summed E-state index contributed by atoms with van der Waals surface area (Å²) in [6.45, 7) is 3.23. The maximum atomic E-state index is 13.7. The van der Waals surface area contributed by atoms with E-state index < -0.39 is 0 Å². The summed E-state index contributed by atoms with van der Waals surface area (Å²) >= 11 is 0. The van der Waals surface area contributed by atoms with Crippen molar-refractivity contribution < 1.29 is 24.2 Å². The van der Waals surface area contributed by atoms with Crippen LogP contribution in [0, 0.1) is 12.8 Å². The number of aryl methyl sites for hydroxylation is 1. The molecule has 2 aromatic rings. The number of hydrogen-bond acceptors (Lipinski definition) is 6. The van der Waals surface area contributed by atoms with Gasteiger partial charge >= 0.3 is 0 Å². The van der Waals surface area contributed by atoms with Crippen molar-refractivity contribution in [2.45, 2.75) is 19.8 Å². The van der Waals surface area contributed by atoms with Gasteiger partial charge in [-0.2, -0.15) is 0 Å². The zero-order chi connectivity index (χ0) is 22.8. The van der Waals surface area contributed by atoms with Crippen LogP contribution in [-0.4, -0.2) is 55.7 Å². The number of nitrogens with zero attached hydrogens (tertiary/aromatic N) is 2. The van der Waals surface area contributed by atoms with Crippen molar-refractivity contribution in [1.82, 2.24) is 4.90 Å². The molecule has 0 radical (unpaired) electrons. The summed E-state index contributed by atoms with van der Waals surface area (Å²) in [6, 6.07) is 12.6. The van der Waals surface area contributed by atoms with Crippen molar-refractivity contribution in [3.63, 3.8) is 0 Å². The molecule has 0 aromatic heterocycles. The topological polar surface area (TPSA) is 79.3 Å². The number of rotatable bonds is 6. The van der Waals surface area contributed by atoms with Crippen molar-refractivity contribution in [2.24, 2.45) is 5.92 Å². The summed E-state index contributed by atoms with van der Waals surface area (Å²) in [6.07, 6.45) is 1.75. The van der Waals surface area contributed by atoms with E-state index in [1.807, 2.05) is 36.1 Å². The number of piperidine rings is 1. The highest BCUT2D eigenvalue weighted by Crippen LogP contribution is 2.40. The van der Waals surface area contributed by atoms with Gasteiger partial charge in [0.15, 0.2) is 0 Å². The van der Waals surface area contributed by atoms with Crippen molar-refractivity contribution in [2.75, 3.05) is 38.8 Å². The molecule has 0 saturated carbocycles. The van der Waals surface area contributed by atoms with E-state index >= 15 is 0 Å². The standard InChI is InChI=1S/C25H28N2O5/c1-16-6-8-18(9-7-16)22-23(26-12-4-5-17(14-26)15-28)25(30)27(24(22)29)20-11-10-19(31-2)13-21(20)32-3/h6-11,13,17,28H,4-5,12,14-15H2,1-3H3. The number of methoxy groups -OCH3 is 2. The number of aliphatic hydroxyl groups is 1. The third-order valence-electron chi connectivity index (χ3n) is 6.12. The lowest BCUT2D eigenvalue weighted by atomic mass is 9.96. The fraction of sp³-hybridized carbons (Fsp3) is 0.360. The Morgan fingerprint density at radius 1 is 1.03 bits per heavy atom. The Kier molecular flexibility index (Phi) is 6.19. The number of carbonyl (C=O) groups is 2. The average molecular weight is 437 g/mol. The first kappa shape index (κ1) is 21.9. The zero-order valence-corrected chi connectivity index (χ0v) is 18.6. The van der Waals surface area contributed by atoms with E-state index in [4.69, 9.17) is 9.47 Å². The maximum Gasteiger partial charge on any atom is 0.282 e. The molecule has 168 valence electrons. The first-order valence-corrected chi connectivity index (χ1v) is 10.8. The van der Waals surface area contributed by atoms with Gasteiger partial charge < -0.3 is 19.5 Å². The molecule has 2 amide bonds. The van der Waals surface area contributed by atoms with E-state index in [9.17, 15) is 14.7 Å². The molecule has 0 bridgehead atoms. The van der Waals surface area contributed by atoms with Gasteiger partial charge in [0.25, 0.3) is 11.8 Å². The van der Waals surface area contributed by atoms with Gasteiger partial charge in [-0.15, -0.1) is 0 Å². The van der Waals surface area contributed by atoms with E-state index in [2.05, 4.69) is 0 Å². The molecule has 2 heterocycles. The number of aliphatic hydroxyl groups excluding tert-OH is 1. The zero-order valence-electron chi connectivity index (χ0n) is 18.6. The molecule has 7 heteroatoms. The van der Waals surface area contributed by atoms with Crippen LogP contribution >= 0.6 is 0 Å². The second-order valence-corrected chi connectivity index (χ2v) is 8.21. The molecule has 1 fully saturated rings. The molecular weight excluding hydrogens is 408 g/mol. The molecule has 32 heavy (non-hydrogen) atoms. The summed E-state index contributed by atoms with van der Waals surface area (Å²) in [5.74, 6) is 0.250. The highest BCUT2D eigenvalue weighted by atomic mass is 16.5. The Morgan fingerprint density at radius 3 is 2.44 bits per heavy atom. The third kappa shape index (κ3) is 3.84. The van der Waals surface area contributed by atoms with Crippen molar-refractivity contribution in [3.8, 4) is 11.5 Å². The van der Waals surface area contributed by atoms with Crippen LogP contribution in [-0.2, 0) is 9.59 Å². The van der Waals surface area contributed by atoms with Gasteiger partial charge in [-0.25, -0.2) is 4.90 Å². The van der Waals surface area contributed by atoms with Crippen LogP contribution < -0.4 is 14.4 Å². The number of amides is 2. The van der Waals surface area contributed by atoms with Crippen molar-refractivity contribution >= 4 is 23.1 Å². The second-order valence-electron chi connectivity index (χ2n) is 8.21. The van der Waals surface area contributed by atoms with Crippen LogP contribution in [0.5, 0.6) is 11.5 Å². The molecule has 2 aromatic carbocycles. The molecule has 1 N–H and O–H groups in total. The molecule has 1 atom stereocenters. The average Bonchev–Trinajstić information content (AvgIpc) is 3.08. The Bertz CT molecular complexity index is 1060. The maximum absolute atomic E-state index is 13.7. The smallest absolute Gasteiger partial charge is 0.282 e. The second kappa shape index (κ2) is 9.04. The minimum Gasteiger partial charge on any atom is -0.497 e. The van der Waals surface area contributed by atoms with E-state index in [-0.39, 0.29) is 24.3 Å². The Balaban J connectivity index is 1.82. The molecule has 0 aliphatic carbocycles. The number of imide groups is 1. The summed E-state index contributed by atoms with van der Waals surface area (Å²) in [4.78, 5) is 30.6. The molecule has 1 unspecified atom stereocenters. The SMILES string of the molecule is COc1ccc(N2C(=O)C(c3ccc(C)cc3)=C(N3CCCC(CO)C3)C2=O)c(OC)c1. The molecule has 7 nitrogen and oxygen atoms in total. The van der Waals surface area contributed by atoms with Crippen LogP contribution in [0.3, 0.4) is 0 Å². The number of ether oxygens (including phenoxy) is 2. The Hall–Kier alpha value is -3.32. The fourth-order valence-corrected chi connectivity index (χ4v) is 4.40. The van der Waals surface area contributed by atoms with E-state index in [0.29, 0.717) is 47.1 Å². The van der Waals surface area contributed by atoms with Gasteiger partial charge in [0.1, 0.15) is 17.2 Å². The normalized spacial score (nSPS) is 19.1. The highest BCUT2D eigenvalue weighted by molar-refractivity contribution is 6.45. The first-order valence-electron chi connectivity index (χ1n) is 10.8. The fourth-order valence-electron chi connectivity index (χ4n) is 4.40. The molecular formula is C25H28N2O5. The predicted octanol–water partition coefficient (Wildman–Crippen LogP) is 3.00. The predicted molar refractivity (Wildman–Crippen MR) is 122 cm³/mol. The van der Waals surface area contributed by atoms with Gasteiger partial charge in [-0.05, 0) is 43.4 Å². The van der Waals surface area contributed by atoms with Crippen LogP contribution in [0.15, 0.2) is 48.2 Å². The van der Waals surface area contributed by atoms with E-state index in [0.717, 1.165) is 18.4 Å². The Labute approximate surface area is 187 Å². The van der Waals surface area contributed by atoms with Gasteiger partial charge in [0.05, 0.1) is 25.5 Å². The van der Waals surface area contributed by atoms with Crippen LogP contribution in [0.2, 0.25) is 0 Å². The Morgan fingerprint density at radius 2 is 1.78 bits per heavy atom. The van der Waals surface area contributed by atoms with Gasteiger partial charge in [-0.1, -0.05) is 29.8 Å².